The summed E-state index contributed by atoms with van der Waals surface area (Å²) < 4.78 is 18.3. The summed E-state index contributed by atoms with van der Waals surface area (Å²) in [7, 11) is 0. The number of aromatic amines is 1. The topological polar surface area (TPSA) is 81.2 Å². The Labute approximate surface area is 115 Å². The van der Waals surface area contributed by atoms with Crippen LogP contribution in [0, 0.1) is 5.82 Å². The summed E-state index contributed by atoms with van der Waals surface area (Å²) >= 11 is 0. The van der Waals surface area contributed by atoms with E-state index in [4.69, 9.17) is 4.74 Å². The first-order valence-corrected chi connectivity index (χ1v) is 6.70. The molecule has 1 aromatic heterocycles. The molecule has 0 saturated carbocycles. The Morgan fingerprint density at radius 3 is 2.70 bits per heavy atom. The van der Waals surface area contributed by atoms with E-state index in [-0.39, 0.29) is 6.42 Å². The molecule has 7 heteroatoms. The molecule has 0 amide bonds. The second kappa shape index (κ2) is 8.29. The molecule has 0 saturated heterocycles. The predicted octanol–water partition coefficient (Wildman–Crippen LogP) is 1.54. The number of ether oxygens (including phenoxy) is 1. The summed E-state index contributed by atoms with van der Waals surface area (Å²) in [5.41, 5.74) is -1.92. The second-order valence-corrected chi connectivity index (χ2v) is 4.48. The van der Waals surface area contributed by atoms with E-state index in [1.807, 2.05) is 4.98 Å². The summed E-state index contributed by atoms with van der Waals surface area (Å²) in [4.78, 5) is 36.1. The van der Waals surface area contributed by atoms with Crippen LogP contribution >= 0.6 is 0 Å². The summed E-state index contributed by atoms with van der Waals surface area (Å²) in [6.07, 6.45) is 5.85. The van der Waals surface area contributed by atoms with E-state index < -0.39 is 29.8 Å². The van der Waals surface area contributed by atoms with Gasteiger partial charge in [-0.15, -0.1) is 0 Å². The van der Waals surface area contributed by atoms with Crippen LogP contribution in [0.15, 0.2) is 15.8 Å². The summed E-state index contributed by atoms with van der Waals surface area (Å²) in [6, 6.07) is 0. The van der Waals surface area contributed by atoms with E-state index in [0.29, 0.717) is 17.2 Å². The molecule has 0 radical (unpaired) electrons. The molecule has 0 unspecified atom stereocenters. The van der Waals surface area contributed by atoms with Crippen molar-refractivity contribution in [1.29, 1.82) is 0 Å². The van der Waals surface area contributed by atoms with Gasteiger partial charge in [0, 0.05) is 12.6 Å². The van der Waals surface area contributed by atoms with E-state index in [9.17, 15) is 18.8 Å². The molecule has 20 heavy (non-hydrogen) atoms. The number of carbonyl (C=O) groups excluding carboxylic acids is 1. The summed E-state index contributed by atoms with van der Waals surface area (Å²) in [6.45, 7) is 1.53. The lowest BCUT2D eigenvalue weighted by atomic mass is 10.1. The first-order chi connectivity index (χ1) is 9.56. The molecule has 0 atom stereocenters. The molecule has 0 aliphatic carbocycles. The lowest BCUT2D eigenvalue weighted by Crippen LogP contribution is -2.37. The lowest BCUT2D eigenvalue weighted by Gasteiger charge is -2.06. The summed E-state index contributed by atoms with van der Waals surface area (Å²) in [5.74, 6) is -1.60. The highest BCUT2D eigenvalue weighted by molar-refractivity contribution is 5.69. The Bertz CT molecular complexity index is 550. The third kappa shape index (κ3) is 4.99. The number of H-pyrrole nitrogens is 1. The van der Waals surface area contributed by atoms with Crippen LogP contribution in [0.2, 0.25) is 0 Å². The van der Waals surface area contributed by atoms with Gasteiger partial charge in [-0.3, -0.25) is 9.59 Å². The number of rotatable bonds is 8. The van der Waals surface area contributed by atoms with Crippen molar-refractivity contribution in [3.63, 3.8) is 0 Å². The Balaban J connectivity index is 2.40. The maximum atomic E-state index is 13.0. The fraction of sp³-hybridized carbons (Fsp3) is 0.615. The number of carbonyl (C=O) groups is 1. The number of nitrogens with zero attached hydrogens (tertiary/aromatic N) is 1. The van der Waals surface area contributed by atoms with Gasteiger partial charge < -0.3 is 9.72 Å². The Morgan fingerprint density at radius 1 is 1.30 bits per heavy atom. The number of halogens is 1. The number of hydrogen-bond donors (Lipinski definition) is 1. The number of unbranched alkanes of at least 4 members (excludes halogenated alkanes) is 4. The summed E-state index contributed by atoms with van der Waals surface area (Å²) in [5, 5.41) is 0. The van der Waals surface area contributed by atoms with E-state index >= 15 is 0 Å². The Morgan fingerprint density at radius 2 is 2.00 bits per heavy atom. The smallest absolute Gasteiger partial charge is 0.331 e. The standard InChI is InChI=1S/C13H19FN2O4/c1-2-3-4-5-6-7-11(17)20-9-16-12(18)10(14)8-15-13(16)19/h8H,2-7,9H2,1H3,(H,15,19). The first kappa shape index (κ1) is 16.1. The van der Waals surface area contributed by atoms with Crippen LogP contribution in [0.1, 0.15) is 45.4 Å². The van der Waals surface area contributed by atoms with Gasteiger partial charge in [0.05, 0.1) is 0 Å². The first-order valence-electron chi connectivity index (χ1n) is 6.70. The van der Waals surface area contributed by atoms with Crippen molar-refractivity contribution in [1.82, 2.24) is 9.55 Å². The van der Waals surface area contributed by atoms with Crippen molar-refractivity contribution in [3.8, 4) is 0 Å². The minimum absolute atomic E-state index is 0.228. The SMILES string of the molecule is CCCCCCCC(=O)OCn1c(=O)[nH]cc(F)c1=O. The van der Waals surface area contributed by atoms with Crippen molar-refractivity contribution in [2.75, 3.05) is 0 Å². The number of nitrogens with one attached hydrogen (secondary N) is 1. The number of esters is 1. The third-order valence-electron chi connectivity index (χ3n) is 2.86. The van der Waals surface area contributed by atoms with Gasteiger partial charge in [-0.25, -0.2) is 9.36 Å². The van der Waals surface area contributed by atoms with Gasteiger partial charge >= 0.3 is 11.7 Å². The molecule has 0 fully saturated rings. The minimum atomic E-state index is -1.11. The molecule has 1 N–H and O–H groups in total. The van der Waals surface area contributed by atoms with Gasteiger partial charge in [0.25, 0.3) is 5.56 Å². The van der Waals surface area contributed by atoms with Crippen LogP contribution in [-0.4, -0.2) is 15.5 Å². The Kier molecular flexibility index (Phi) is 6.69. The third-order valence-corrected chi connectivity index (χ3v) is 2.86. The van der Waals surface area contributed by atoms with Crippen LogP contribution in [0.25, 0.3) is 0 Å². The van der Waals surface area contributed by atoms with Crippen molar-refractivity contribution in [3.05, 3.63) is 32.9 Å². The average Bonchev–Trinajstić information content (AvgIpc) is 2.43. The highest BCUT2D eigenvalue weighted by atomic mass is 19.1. The van der Waals surface area contributed by atoms with Crippen molar-refractivity contribution in [2.45, 2.75) is 52.2 Å². The van der Waals surface area contributed by atoms with Crippen LogP contribution in [0.4, 0.5) is 4.39 Å². The normalized spacial score (nSPS) is 10.5. The highest BCUT2D eigenvalue weighted by Crippen LogP contribution is 2.05. The molecule has 112 valence electrons. The van der Waals surface area contributed by atoms with E-state index in [1.165, 1.54) is 0 Å². The van der Waals surface area contributed by atoms with Gasteiger partial charge in [-0.2, -0.15) is 4.39 Å². The monoisotopic (exact) mass is 286 g/mol. The second-order valence-electron chi connectivity index (χ2n) is 4.48. The van der Waals surface area contributed by atoms with Crippen molar-refractivity contribution in [2.24, 2.45) is 0 Å². The molecule has 1 rings (SSSR count). The van der Waals surface area contributed by atoms with Crippen LogP contribution in [-0.2, 0) is 16.3 Å². The van der Waals surface area contributed by atoms with Gasteiger partial charge in [-0.1, -0.05) is 32.6 Å². The zero-order valence-electron chi connectivity index (χ0n) is 11.5. The van der Waals surface area contributed by atoms with E-state index in [0.717, 1.165) is 25.7 Å². The zero-order valence-corrected chi connectivity index (χ0v) is 11.5. The van der Waals surface area contributed by atoms with E-state index in [1.54, 1.807) is 0 Å². The van der Waals surface area contributed by atoms with Gasteiger partial charge in [0.1, 0.15) is 0 Å². The molecule has 6 nitrogen and oxygen atoms in total. The molecular weight excluding hydrogens is 267 g/mol. The largest absolute Gasteiger partial charge is 0.444 e. The molecule has 0 aliphatic rings. The minimum Gasteiger partial charge on any atom is -0.444 e. The van der Waals surface area contributed by atoms with Crippen molar-refractivity contribution >= 4 is 5.97 Å². The molecule has 0 aromatic carbocycles. The molecular formula is C13H19FN2O4. The maximum absolute atomic E-state index is 13.0. The van der Waals surface area contributed by atoms with Crippen molar-refractivity contribution < 1.29 is 13.9 Å². The predicted molar refractivity (Wildman–Crippen MR) is 70.7 cm³/mol. The van der Waals surface area contributed by atoms with Gasteiger partial charge in [0.2, 0.25) is 5.82 Å². The quantitative estimate of drug-likeness (QED) is 0.580. The van der Waals surface area contributed by atoms with Crippen LogP contribution in [0.3, 0.4) is 0 Å². The van der Waals surface area contributed by atoms with Crippen LogP contribution in [0.5, 0.6) is 0 Å². The lowest BCUT2D eigenvalue weighted by molar-refractivity contribution is -0.147. The number of aromatic nitrogens is 2. The zero-order chi connectivity index (χ0) is 15.0. The van der Waals surface area contributed by atoms with Gasteiger partial charge in [-0.05, 0) is 6.42 Å². The molecule has 0 bridgehead atoms. The van der Waals surface area contributed by atoms with E-state index in [2.05, 4.69) is 6.92 Å². The molecule has 0 aliphatic heterocycles. The molecule has 1 heterocycles. The average molecular weight is 286 g/mol. The fourth-order valence-electron chi connectivity index (χ4n) is 1.68. The maximum Gasteiger partial charge on any atom is 0.331 e. The Hall–Kier alpha value is -1.92. The fourth-order valence-corrected chi connectivity index (χ4v) is 1.68. The van der Waals surface area contributed by atoms with Gasteiger partial charge in [0.15, 0.2) is 6.73 Å². The molecule has 0 spiro atoms. The highest BCUT2D eigenvalue weighted by Gasteiger charge is 2.09. The molecule has 1 aromatic rings. The number of hydrogen-bond acceptors (Lipinski definition) is 4. The van der Waals surface area contributed by atoms with Crippen LogP contribution < -0.4 is 11.2 Å².